The lowest BCUT2D eigenvalue weighted by Gasteiger charge is -2.33. The highest BCUT2D eigenvalue weighted by Gasteiger charge is 2.30. The standard InChI is InChI=1S/C14H16ClFN2O3/c1-8-5-6-18(7-11(8)19)14(21)13(20)17-10-4-2-3-9(15)12(10)16/h2-4,8,11,19H,5-7H2,1H3,(H,17,20). The Kier molecular flexibility index (Phi) is 4.80. The van der Waals surface area contributed by atoms with Crippen LogP contribution in [0.5, 0.6) is 0 Å². The van der Waals surface area contributed by atoms with Crippen LogP contribution in [0.25, 0.3) is 0 Å². The minimum Gasteiger partial charge on any atom is -0.391 e. The fourth-order valence-electron chi connectivity index (χ4n) is 2.15. The molecule has 21 heavy (non-hydrogen) atoms. The summed E-state index contributed by atoms with van der Waals surface area (Å²) in [7, 11) is 0. The van der Waals surface area contributed by atoms with Crippen LogP contribution in [-0.4, -0.2) is 41.0 Å². The third kappa shape index (κ3) is 3.51. The van der Waals surface area contributed by atoms with Crippen LogP contribution in [-0.2, 0) is 9.59 Å². The lowest BCUT2D eigenvalue weighted by molar-refractivity contribution is -0.146. The number of likely N-dealkylation sites (tertiary alicyclic amines) is 1. The van der Waals surface area contributed by atoms with Gasteiger partial charge >= 0.3 is 11.8 Å². The fraction of sp³-hybridized carbons (Fsp3) is 0.429. The number of hydrogen-bond acceptors (Lipinski definition) is 3. The largest absolute Gasteiger partial charge is 0.391 e. The molecule has 1 heterocycles. The van der Waals surface area contributed by atoms with Gasteiger partial charge in [-0.3, -0.25) is 9.59 Å². The second-order valence-corrected chi connectivity index (χ2v) is 5.55. The molecule has 2 amide bonds. The zero-order chi connectivity index (χ0) is 15.6. The molecule has 5 nitrogen and oxygen atoms in total. The molecule has 114 valence electrons. The number of aliphatic hydroxyl groups is 1. The van der Waals surface area contributed by atoms with Gasteiger partial charge in [0.15, 0.2) is 5.82 Å². The van der Waals surface area contributed by atoms with Crippen LogP contribution < -0.4 is 5.32 Å². The molecule has 1 fully saturated rings. The van der Waals surface area contributed by atoms with Crippen molar-refractivity contribution in [2.24, 2.45) is 5.92 Å². The lowest BCUT2D eigenvalue weighted by atomic mass is 9.96. The smallest absolute Gasteiger partial charge is 0.313 e. The second-order valence-electron chi connectivity index (χ2n) is 5.14. The Balaban J connectivity index is 2.03. The summed E-state index contributed by atoms with van der Waals surface area (Å²) in [6.45, 7) is 2.38. The van der Waals surface area contributed by atoms with Crippen LogP contribution in [0.2, 0.25) is 5.02 Å². The van der Waals surface area contributed by atoms with Gasteiger partial charge in [0.2, 0.25) is 0 Å². The van der Waals surface area contributed by atoms with Gasteiger partial charge in [0.1, 0.15) is 0 Å². The summed E-state index contributed by atoms with van der Waals surface area (Å²) in [5.74, 6) is -2.44. The number of carbonyl (C=O) groups excluding carboxylic acids is 2. The third-order valence-corrected chi connectivity index (χ3v) is 3.89. The normalized spacial score (nSPS) is 22.0. The van der Waals surface area contributed by atoms with Gasteiger partial charge in [-0.2, -0.15) is 0 Å². The molecule has 0 aromatic heterocycles. The summed E-state index contributed by atoms with van der Waals surface area (Å²) >= 11 is 5.61. The highest BCUT2D eigenvalue weighted by atomic mass is 35.5. The molecule has 2 rings (SSSR count). The van der Waals surface area contributed by atoms with Crippen molar-refractivity contribution >= 4 is 29.1 Å². The molecule has 1 saturated heterocycles. The molecule has 1 aliphatic heterocycles. The minimum absolute atomic E-state index is 0.0856. The van der Waals surface area contributed by atoms with E-state index in [1.165, 1.54) is 23.1 Å². The van der Waals surface area contributed by atoms with E-state index >= 15 is 0 Å². The number of hydrogen-bond donors (Lipinski definition) is 2. The van der Waals surface area contributed by atoms with Crippen LogP contribution in [0, 0.1) is 11.7 Å². The Morgan fingerprint density at radius 1 is 1.48 bits per heavy atom. The number of rotatable bonds is 1. The first kappa shape index (κ1) is 15.7. The Morgan fingerprint density at radius 3 is 2.86 bits per heavy atom. The van der Waals surface area contributed by atoms with Crippen molar-refractivity contribution in [3.8, 4) is 0 Å². The zero-order valence-corrected chi connectivity index (χ0v) is 12.2. The number of nitrogens with zero attached hydrogens (tertiary/aromatic N) is 1. The van der Waals surface area contributed by atoms with E-state index < -0.39 is 23.7 Å². The minimum atomic E-state index is -0.946. The predicted octanol–water partition coefficient (Wildman–Crippen LogP) is 1.65. The summed E-state index contributed by atoms with van der Waals surface area (Å²) < 4.78 is 13.7. The van der Waals surface area contributed by atoms with Gasteiger partial charge in [-0.05, 0) is 24.5 Å². The van der Waals surface area contributed by atoms with Crippen molar-refractivity contribution in [3.05, 3.63) is 29.0 Å². The van der Waals surface area contributed by atoms with Crippen LogP contribution in [0.1, 0.15) is 13.3 Å². The summed E-state index contributed by atoms with van der Waals surface area (Å²) in [5, 5.41) is 11.8. The van der Waals surface area contributed by atoms with Crippen molar-refractivity contribution in [2.75, 3.05) is 18.4 Å². The highest BCUT2D eigenvalue weighted by Crippen LogP contribution is 2.22. The molecular weight excluding hydrogens is 299 g/mol. The van der Waals surface area contributed by atoms with Crippen molar-refractivity contribution in [3.63, 3.8) is 0 Å². The van der Waals surface area contributed by atoms with E-state index in [-0.39, 0.29) is 23.2 Å². The van der Waals surface area contributed by atoms with E-state index in [1.54, 1.807) is 0 Å². The number of amides is 2. The van der Waals surface area contributed by atoms with Crippen LogP contribution in [0.4, 0.5) is 10.1 Å². The number of anilines is 1. The van der Waals surface area contributed by atoms with Gasteiger partial charge in [0.25, 0.3) is 0 Å². The molecule has 1 aromatic rings. The second kappa shape index (κ2) is 6.41. The number of aliphatic hydroxyl groups excluding tert-OH is 1. The van der Waals surface area contributed by atoms with Crippen molar-refractivity contribution < 1.29 is 19.1 Å². The Hall–Kier alpha value is -1.66. The van der Waals surface area contributed by atoms with E-state index in [2.05, 4.69) is 5.32 Å². The quantitative estimate of drug-likeness (QED) is 0.774. The molecular formula is C14H16ClFN2O3. The Morgan fingerprint density at radius 2 is 2.19 bits per heavy atom. The first-order valence-corrected chi connectivity index (χ1v) is 7.00. The van der Waals surface area contributed by atoms with Gasteiger partial charge < -0.3 is 15.3 Å². The number of piperidine rings is 1. The van der Waals surface area contributed by atoms with Gasteiger partial charge in [0, 0.05) is 13.1 Å². The molecule has 2 unspecified atom stereocenters. The van der Waals surface area contributed by atoms with E-state index in [4.69, 9.17) is 11.6 Å². The summed E-state index contributed by atoms with van der Waals surface area (Å²) in [4.78, 5) is 25.1. The van der Waals surface area contributed by atoms with Crippen LogP contribution in [0.3, 0.4) is 0 Å². The monoisotopic (exact) mass is 314 g/mol. The van der Waals surface area contributed by atoms with Crippen molar-refractivity contribution in [2.45, 2.75) is 19.4 Å². The van der Waals surface area contributed by atoms with E-state index in [0.29, 0.717) is 13.0 Å². The molecule has 2 N–H and O–H groups in total. The molecule has 0 bridgehead atoms. The Labute approximate surface area is 126 Å². The molecule has 0 aliphatic carbocycles. The number of nitrogens with one attached hydrogen (secondary N) is 1. The molecule has 0 saturated carbocycles. The summed E-state index contributed by atoms with van der Waals surface area (Å²) in [6.07, 6.45) is -0.0375. The molecule has 1 aliphatic rings. The first-order valence-electron chi connectivity index (χ1n) is 6.62. The predicted molar refractivity (Wildman–Crippen MR) is 76.4 cm³/mol. The van der Waals surface area contributed by atoms with Gasteiger partial charge in [-0.25, -0.2) is 4.39 Å². The number of benzene rings is 1. The highest BCUT2D eigenvalue weighted by molar-refractivity contribution is 6.39. The molecule has 7 heteroatoms. The third-order valence-electron chi connectivity index (χ3n) is 3.60. The summed E-state index contributed by atoms with van der Waals surface area (Å²) in [6, 6.07) is 4.13. The molecule has 1 aromatic carbocycles. The topological polar surface area (TPSA) is 69.6 Å². The SMILES string of the molecule is CC1CCN(C(=O)C(=O)Nc2cccc(Cl)c2F)CC1O. The van der Waals surface area contributed by atoms with E-state index in [0.717, 1.165) is 0 Å². The molecule has 0 spiro atoms. The lowest BCUT2D eigenvalue weighted by Crippen LogP contribution is -2.49. The first-order chi connectivity index (χ1) is 9.90. The van der Waals surface area contributed by atoms with Crippen molar-refractivity contribution in [1.29, 1.82) is 0 Å². The Bertz CT molecular complexity index is 567. The zero-order valence-electron chi connectivity index (χ0n) is 11.5. The van der Waals surface area contributed by atoms with Gasteiger partial charge in [-0.1, -0.05) is 24.6 Å². The van der Waals surface area contributed by atoms with E-state index in [9.17, 15) is 19.1 Å². The molecule has 0 radical (unpaired) electrons. The maximum Gasteiger partial charge on any atom is 0.313 e. The number of carbonyl (C=O) groups is 2. The van der Waals surface area contributed by atoms with E-state index in [1.807, 2.05) is 6.92 Å². The van der Waals surface area contributed by atoms with Crippen LogP contribution in [0.15, 0.2) is 18.2 Å². The van der Waals surface area contributed by atoms with Crippen molar-refractivity contribution in [1.82, 2.24) is 4.90 Å². The average Bonchev–Trinajstić information content (AvgIpc) is 2.46. The number of β-amino-alcohol motifs (C(OH)–C–C–N with tert-alkyl or cyclic N) is 1. The number of halogens is 2. The average molecular weight is 315 g/mol. The van der Waals surface area contributed by atoms with Crippen LogP contribution >= 0.6 is 11.6 Å². The maximum atomic E-state index is 13.7. The summed E-state index contributed by atoms with van der Waals surface area (Å²) in [5.41, 5.74) is -0.147. The van der Waals surface area contributed by atoms with Gasteiger partial charge in [-0.15, -0.1) is 0 Å². The molecule has 2 atom stereocenters. The fourth-order valence-corrected chi connectivity index (χ4v) is 2.33. The van der Waals surface area contributed by atoms with Gasteiger partial charge in [0.05, 0.1) is 16.8 Å². The maximum absolute atomic E-state index is 13.7.